The van der Waals surface area contributed by atoms with Gasteiger partial charge >= 0.3 is 0 Å². The number of piperidine rings is 2. The third-order valence-corrected chi connectivity index (χ3v) is 15.8. The van der Waals surface area contributed by atoms with Crippen molar-refractivity contribution in [3.8, 4) is 34.5 Å². The van der Waals surface area contributed by atoms with Gasteiger partial charge in [-0.15, -0.1) is 0 Å². The molecule has 2 aliphatic heterocycles. The SMILES string of the molecule is O=S(=O)(c1ccc(Oc2ccc(S(=O)(=O)c3ccc(OC4CCNCC4)cc3)cc2)cc1)c1ccc(Oc2ccc(S(=O)(=O)c3ccc(OC4CCNCC4)cc3)cc2)cc1. The molecule has 6 aromatic rings. The zero-order chi connectivity index (χ0) is 42.5. The predicted octanol–water partition coefficient (Wildman–Crippen LogP) is 8.03. The van der Waals surface area contributed by atoms with Gasteiger partial charge in [0.1, 0.15) is 46.7 Å². The standard InChI is InChI=1S/C46H44N2O10S3/c49-59(50,41-13-1-33(2-14-41)55-35-5-17-43(18-6-35)60(51,52)45-21-9-37(10-22-45)57-39-25-29-47-30-26-39)42-15-3-34(4-16-42)56-36-7-19-44(20-8-36)61(53,54)46-23-11-38(12-24-46)58-40-27-31-48-32-28-40/h1-24,39-40,47-48H,25-32H2. The summed E-state index contributed by atoms with van der Waals surface area (Å²) in [6, 6.07) is 36.7. The number of hydrogen-bond acceptors (Lipinski definition) is 12. The number of nitrogens with one attached hydrogen (secondary N) is 2. The summed E-state index contributed by atoms with van der Waals surface area (Å²) in [5, 5.41) is 6.58. The van der Waals surface area contributed by atoms with Crippen LogP contribution in [0.3, 0.4) is 0 Å². The first-order chi connectivity index (χ1) is 29.4. The molecule has 0 saturated carbocycles. The van der Waals surface area contributed by atoms with Crippen molar-refractivity contribution in [2.75, 3.05) is 26.2 Å². The molecule has 0 unspecified atom stereocenters. The minimum Gasteiger partial charge on any atom is -0.490 e. The first-order valence-corrected chi connectivity index (χ1v) is 24.3. The van der Waals surface area contributed by atoms with Crippen molar-refractivity contribution >= 4 is 29.5 Å². The van der Waals surface area contributed by atoms with Crippen molar-refractivity contribution in [1.29, 1.82) is 0 Å². The predicted molar refractivity (Wildman–Crippen MR) is 228 cm³/mol. The lowest BCUT2D eigenvalue weighted by atomic mass is 10.1. The monoisotopic (exact) mass is 880 g/mol. The van der Waals surface area contributed by atoms with Crippen LogP contribution in [0.1, 0.15) is 25.7 Å². The van der Waals surface area contributed by atoms with E-state index in [4.69, 9.17) is 18.9 Å². The smallest absolute Gasteiger partial charge is 0.206 e. The van der Waals surface area contributed by atoms with Gasteiger partial charge in [0.15, 0.2) is 0 Å². The molecule has 0 spiro atoms. The van der Waals surface area contributed by atoms with Crippen molar-refractivity contribution in [3.05, 3.63) is 146 Å². The van der Waals surface area contributed by atoms with E-state index in [1.54, 1.807) is 48.5 Å². The summed E-state index contributed by atoms with van der Waals surface area (Å²) in [6.45, 7) is 3.57. The van der Waals surface area contributed by atoms with Crippen LogP contribution >= 0.6 is 0 Å². The molecule has 15 heteroatoms. The number of hydrogen-bond donors (Lipinski definition) is 2. The highest BCUT2D eigenvalue weighted by atomic mass is 32.2. The van der Waals surface area contributed by atoms with E-state index in [9.17, 15) is 25.3 Å². The second kappa shape index (κ2) is 18.1. The lowest BCUT2D eigenvalue weighted by molar-refractivity contribution is 0.162. The Kier molecular flexibility index (Phi) is 12.5. The summed E-state index contributed by atoms with van der Waals surface area (Å²) < 4.78 is 104. The first kappa shape index (κ1) is 42.0. The summed E-state index contributed by atoms with van der Waals surface area (Å²) in [7, 11) is -11.5. The van der Waals surface area contributed by atoms with Crippen LogP contribution in [0, 0.1) is 0 Å². The molecule has 0 atom stereocenters. The Morgan fingerprint density at radius 1 is 0.311 bits per heavy atom. The average molecular weight is 881 g/mol. The van der Waals surface area contributed by atoms with Gasteiger partial charge in [0.2, 0.25) is 29.5 Å². The van der Waals surface area contributed by atoms with Gasteiger partial charge in [-0.25, -0.2) is 25.3 Å². The Morgan fingerprint density at radius 3 is 0.721 bits per heavy atom. The molecule has 2 heterocycles. The minimum absolute atomic E-state index is 0.0443. The number of ether oxygens (including phenoxy) is 4. The fourth-order valence-electron chi connectivity index (χ4n) is 7.03. The van der Waals surface area contributed by atoms with Crippen molar-refractivity contribution in [1.82, 2.24) is 10.6 Å². The van der Waals surface area contributed by atoms with Gasteiger partial charge in [-0.2, -0.15) is 0 Å². The molecular weight excluding hydrogens is 837 g/mol. The van der Waals surface area contributed by atoms with Gasteiger partial charge in [0, 0.05) is 0 Å². The Labute approximate surface area is 356 Å². The average Bonchev–Trinajstić information content (AvgIpc) is 3.28. The van der Waals surface area contributed by atoms with E-state index >= 15 is 0 Å². The molecule has 61 heavy (non-hydrogen) atoms. The molecule has 2 aliphatic rings. The third kappa shape index (κ3) is 9.93. The molecular formula is C46H44N2O10S3. The topological polar surface area (TPSA) is 163 Å². The molecule has 6 aromatic carbocycles. The zero-order valence-corrected chi connectivity index (χ0v) is 35.4. The largest absolute Gasteiger partial charge is 0.490 e. The molecule has 12 nitrogen and oxygen atoms in total. The Bertz CT molecular complexity index is 2560. The molecule has 0 amide bonds. The van der Waals surface area contributed by atoms with Gasteiger partial charge in [-0.3, -0.25) is 0 Å². The van der Waals surface area contributed by atoms with E-state index in [1.165, 1.54) is 97.1 Å². The van der Waals surface area contributed by atoms with Crippen LogP contribution in [0.15, 0.2) is 175 Å². The van der Waals surface area contributed by atoms with E-state index in [1.807, 2.05) is 0 Å². The van der Waals surface area contributed by atoms with E-state index < -0.39 is 29.5 Å². The lowest BCUT2D eigenvalue weighted by Gasteiger charge is -2.23. The molecule has 8 rings (SSSR count). The van der Waals surface area contributed by atoms with Crippen LogP contribution in [-0.2, 0) is 29.5 Å². The summed E-state index contributed by atoms with van der Waals surface area (Å²) in [5.74, 6) is 2.72. The number of sulfone groups is 3. The van der Waals surface area contributed by atoms with Crippen LogP contribution in [0.4, 0.5) is 0 Å². The highest BCUT2D eigenvalue weighted by Crippen LogP contribution is 2.32. The van der Waals surface area contributed by atoms with Gasteiger partial charge < -0.3 is 29.6 Å². The zero-order valence-electron chi connectivity index (χ0n) is 33.0. The summed E-state index contributed by atoms with van der Waals surface area (Å²) in [5.41, 5.74) is 0. The quantitative estimate of drug-likeness (QED) is 0.109. The first-order valence-electron chi connectivity index (χ1n) is 19.9. The molecule has 316 valence electrons. The molecule has 2 N–H and O–H groups in total. The van der Waals surface area contributed by atoms with E-state index in [0.29, 0.717) is 34.5 Å². The maximum Gasteiger partial charge on any atom is 0.206 e. The van der Waals surface area contributed by atoms with Crippen molar-refractivity contribution in [3.63, 3.8) is 0 Å². The summed E-state index contributed by atoms with van der Waals surface area (Å²) >= 11 is 0. The van der Waals surface area contributed by atoms with Gasteiger partial charge in [-0.1, -0.05) is 0 Å². The van der Waals surface area contributed by atoms with E-state index in [0.717, 1.165) is 51.9 Å². The Balaban J connectivity index is 0.849. The molecule has 2 saturated heterocycles. The number of benzene rings is 6. The number of rotatable bonds is 14. The molecule has 0 aliphatic carbocycles. The van der Waals surface area contributed by atoms with Crippen LogP contribution in [0.25, 0.3) is 0 Å². The molecule has 0 aromatic heterocycles. The third-order valence-electron chi connectivity index (χ3n) is 10.5. The second-order valence-corrected chi connectivity index (χ2v) is 20.5. The molecule has 0 bridgehead atoms. The Morgan fingerprint density at radius 2 is 0.508 bits per heavy atom. The van der Waals surface area contributed by atoms with Crippen molar-refractivity contribution < 1.29 is 44.2 Å². The normalized spacial score (nSPS) is 15.5. The van der Waals surface area contributed by atoms with Crippen LogP contribution < -0.4 is 29.6 Å². The van der Waals surface area contributed by atoms with Crippen LogP contribution in [0.5, 0.6) is 34.5 Å². The molecule has 2 fully saturated rings. The maximum absolute atomic E-state index is 13.5. The van der Waals surface area contributed by atoms with Crippen molar-refractivity contribution in [2.45, 2.75) is 67.3 Å². The van der Waals surface area contributed by atoms with Gasteiger partial charge in [-0.05, 0) is 197 Å². The van der Waals surface area contributed by atoms with Gasteiger partial charge in [0.05, 0.1) is 29.4 Å². The van der Waals surface area contributed by atoms with E-state index in [-0.39, 0.29) is 41.6 Å². The minimum atomic E-state index is -3.90. The molecule has 0 radical (unpaired) electrons. The van der Waals surface area contributed by atoms with Gasteiger partial charge in [0.25, 0.3) is 0 Å². The highest BCUT2D eigenvalue weighted by molar-refractivity contribution is 7.92. The fourth-order valence-corrected chi connectivity index (χ4v) is 10.8. The van der Waals surface area contributed by atoms with E-state index in [2.05, 4.69) is 10.6 Å². The van der Waals surface area contributed by atoms with Crippen molar-refractivity contribution in [2.24, 2.45) is 0 Å². The fraction of sp³-hybridized carbons (Fsp3) is 0.217. The highest BCUT2D eigenvalue weighted by Gasteiger charge is 2.22. The Hall–Kier alpha value is -5.71. The second-order valence-electron chi connectivity index (χ2n) is 14.7. The lowest BCUT2D eigenvalue weighted by Crippen LogP contribution is -2.34. The van der Waals surface area contributed by atoms with Crippen LogP contribution in [-0.4, -0.2) is 63.6 Å². The summed E-state index contributed by atoms with van der Waals surface area (Å²) in [4.78, 5) is 0.588. The maximum atomic E-state index is 13.5. The summed E-state index contributed by atoms with van der Waals surface area (Å²) in [6.07, 6.45) is 3.80. The van der Waals surface area contributed by atoms with Crippen LogP contribution in [0.2, 0.25) is 0 Å².